The van der Waals surface area contributed by atoms with Crippen LogP contribution in [0.3, 0.4) is 0 Å². The Bertz CT molecular complexity index is 1080. The molecule has 4 rings (SSSR count). The van der Waals surface area contributed by atoms with Gasteiger partial charge in [0.1, 0.15) is 11.6 Å². The molecule has 0 aliphatic rings. The Balaban J connectivity index is 1.77. The highest BCUT2D eigenvalue weighted by atomic mass is 35.5. The van der Waals surface area contributed by atoms with E-state index in [1.807, 2.05) is 61.5 Å². The first-order chi connectivity index (χ1) is 12.6. The summed E-state index contributed by atoms with van der Waals surface area (Å²) in [6.45, 7) is 1.92. The maximum absolute atomic E-state index is 5.96. The zero-order valence-corrected chi connectivity index (χ0v) is 15.0. The smallest absolute Gasteiger partial charge is 0.254 e. The molecule has 0 amide bonds. The fourth-order valence-electron chi connectivity index (χ4n) is 2.65. The van der Waals surface area contributed by atoms with Crippen molar-refractivity contribution in [1.29, 1.82) is 0 Å². The molecule has 2 heterocycles. The average Bonchev–Trinajstić information content (AvgIpc) is 3.06. The minimum atomic E-state index is 0.528. The van der Waals surface area contributed by atoms with Crippen molar-refractivity contribution in [1.82, 2.24) is 19.6 Å². The number of nitrogens with one attached hydrogen (secondary N) is 1. The molecule has 0 bridgehead atoms. The number of benzene rings is 2. The molecule has 2 aromatic heterocycles. The quantitative estimate of drug-likeness (QED) is 0.576. The Morgan fingerprint density at radius 2 is 1.85 bits per heavy atom. The van der Waals surface area contributed by atoms with Crippen LogP contribution in [0.1, 0.15) is 5.69 Å². The molecule has 1 N–H and O–H groups in total. The maximum Gasteiger partial charge on any atom is 0.254 e. The number of aromatic nitrogens is 4. The normalized spacial score (nSPS) is 10.9. The highest BCUT2D eigenvalue weighted by Gasteiger charge is 2.12. The van der Waals surface area contributed by atoms with E-state index in [9.17, 15) is 0 Å². The summed E-state index contributed by atoms with van der Waals surface area (Å²) in [5.41, 5.74) is 2.61. The molecule has 0 atom stereocenters. The van der Waals surface area contributed by atoms with E-state index >= 15 is 0 Å². The average molecular weight is 366 g/mol. The fraction of sp³-hybridized carbons (Fsp3) is 0.105. The molecule has 0 spiro atoms. The number of anilines is 2. The lowest BCUT2D eigenvalue weighted by Gasteiger charge is -2.09. The van der Waals surface area contributed by atoms with Gasteiger partial charge in [0.05, 0.1) is 7.11 Å². The van der Waals surface area contributed by atoms with Gasteiger partial charge in [-0.05, 0) is 43.3 Å². The van der Waals surface area contributed by atoms with E-state index < -0.39 is 0 Å². The van der Waals surface area contributed by atoms with E-state index in [-0.39, 0.29) is 0 Å². The van der Waals surface area contributed by atoms with E-state index in [4.69, 9.17) is 16.3 Å². The topological polar surface area (TPSA) is 64.3 Å². The van der Waals surface area contributed by atoms with Gasteiger partial charge in [-0.15, -0.1) is 5.10 Å². The molecule has 0 unspecified atom stereocenters. The minimum Gasteiger partial charge on any atom is -0.497 e. The van der Waals surface area contributed by atoms with E-state index in [0.717, 1.165) is 28.5 Å². The zero-order valence-electron chi connectivity index (χ0n) is 14.3. The predicted octanol–water partition coefficient (Wildman–Crippen LogP) is 4.51. The van der Waals surface area contributed by atoms with Crippen LogP contribution < -0.4 is 10.1 Å². The van der Waals surface area contributed by atoms with Gasteiger partial charge in [-0.2, -0.15) is 9.50 Å². The number of hydrogen-bond donors (Lipinski definition) is 1. The summed E-state index contributed by atoms with van der Waals surface area (Å²) in [4.78, 5) is 9.02. The standard InChI is InChI=1S/C19H16ClN5O/c1-12-10-17(22-15-4-3-5-16(11-15)26-2)25-19(21-12)23-18(24-25)13-6-8-14(20)9-7-13/h3-11,22H,1-2H3. The zero-order chi connectivity index (χ0) is 18.1. The number of ether oxygens (including phenoxy) is 1. The second-order valence-electron chi connectivity index (χ2n) is 5.79. The van der Waals surface area contributed by atoms with Crippen molar-refractivity contribution in [2.45, 2.75) is 6.92 Å². The van der Waals surface area contributed by atoms with Crippen LogP contribution in [0.5, 0.6) is 5.75 Å². The number of aryl methyl sites for hydroxylation is 1. The van der Waals surface area contributed by atoms with Gasteiger partial charge < -0.3 is 10.1 Å². The molecule has 7 heteroatoms. The summed E-state index contributed by atoms with van der Waals surface area (Å²) in [5, 5.41) is 8.63. The third-order valence-corrected chi connectivity index (χ3v) is 4.14. The molecule has 26 heavy (non-hydrogen) atoms. The fourth-order valence-corrected chi connectivity index (χ4v) is 2.77. The van der Waals surface area contributed by atoms with Gasteiger partial charge in [-0.3, -0.25) is 0 Å². The Morgan fingerprint density at radius 1 is 1.04 bits per heavy atom. The van der Waals surface area contributed by atoms with E-state index in [0.29, 0.717) is 16.6 Å². The number of rotatable bonds is 4. The molecule has 2 aromatic carbocycles. The Kier molecular flexibility index (Phi) is 4.18. The molecule has 0 radical (unpaired) electrons. The summed E-state index contributed by atoms with van der Waals surface area (Å²) < 4.78 is 6.97. The summed E-state index contributed by atoms with van der Waals surface area (Å²) >= 11 is 5.96. The van der Waals surface area contributed by atoms with Crippen molar-refractivity contribution in [2.75, 3.05) is 12.4 Å². The van der Waals surface area contributed by atoms with E-state index in [2.05, 4.69) is 20.4 Å². The van der Waals surface area contributed by atoms with Crippen molar-refractivity contribution >= 4 is 28.9 Å². The Morgan fingerprint density at radius 3 is 2.62 bits per heavy atom. The first kappa shape index (κ1) is 16.4. The van der Waals surface area contributed by atoms with E-state index in [1.165, 1.54) is 0 Å². The first-order valence-electron chi connectivity index (χ1n) is 8.04. The SMILES string of the molecule is COc1cccc(Nc2cc(C)nc3nc(-c4ccc(Cl)cc4)nn23)c1. The second-order valence-corrected chi connectivity index (χ2v) is 6.23. The van der Waals surface area contributed by atoms with Gasteiger partial charge in [0.15, 0.2) is 5.82 Å². The number of nitrogens with zero attached hydrogens (tertiary/aromatic N) is 4. The molecule has 0 saturated heterocycles. The predicted molar refractivity (Wildman–Crippen MR) is 102 cm³/mol. The van der Waals surface area contributed by atoms with Crippen LogP contribution in [0.25, 0.3) is 17.2 Å². The van der Waals surface area contributed by atoms with E-state index in [1.54, 1.807) is 11.6 Å². The van der Waals surface area contributed by atoms with Gasteiger partial charge in [0.2, 0.25) is 0 Å². The molecular weight excluding hydrogens is 350 g/mol. The van der Waals surface area contributed by atoms with Crippen LogP contribution in [0.4, 0.5) is 11.5 Å². The molecular formula is C19H16ClN5O. The van der Waals surface area contributed by atoms with Gasteiger partial charge in [-0.25, -0.2) is 4.98 Å². The lowest BCUT2D eigenvalue weighted by atomic mass is 10.2. The van der Waals surface area contributed by atoms with Crippen LogP contribution in [0, 0.1) is 6.92 Å². The summed E-state index contributed by atoms with van der Waals surface area (Å²) in [6.07, 6.45) is 0. The number of hydrogen-bond acceptors (Lipinski definition) is 5. The van der Waals surface area contributed by atoms with Gasteiger partial charge in [0, 0.05) is 34.1 Å². The van der Waals surface area contributed by atoms with Crippen molar-refractivity contribution in [3.63, 3.8) is 0 Å². The second kappa shape index (κ2) is 6.65. The Hall–Kier alpha value is -3.12. The number of halogens is 1. The molecule has 0 aliphatic heterocycles. The highest BCUT2D eigenvalue weighted by molar-refractivity contribution is 6.30. The largest absolute Gasteiger partial charge is 0.497 e. The lowest BCUT2D eigenvalue weighted by Crippen LogP contribution is -2.02. The third-order valence-electron chi connectivity index (χ3n) is 3.88. The van der Waals surface area contributed by atoms with Gasteiger partial charge >= 0.3 is 0 Å². The highest BCUT2D eigenvalue weighted by Crippen LogP contribution is 2.24. The van der Waals surface area contributed by atoms with Crippen molar-refractivity contribution in [2.24, 2.45) is 0 Å². The summed E-state index contributed by atoms with van der Waals surface area (Å²) in [7, 11) is 1.64. The molecule has 4 aromatic rings. The first-order valence-corrected chi connectivity index (χ1v) is 8.41. The molecule has 6 nitrogen and oxygen atoms in total. The molecule has 130 valence electrons. The van der Waals surface area contributed by atoms with Crippen molar-refractivity contribution in [3.05, 3.63) is 65.3 Å². The monoisotopic (exact) mass is 365 g/mol. The lowest BCUT2D eigenvalue weighted by molar-refractivity contribution is 0.415. The van der Waals surface area contributed by atoms with Crippen molar-refractivity contribution in [3.8, 4) is 17.1 Å². The number of methoxy groups -OCH3 is 1. The summed E-state index contributed by atoms with van der Waals surface area (Å²) in [5.74, 6) is 2.67. The number of fused-ring (bicyclic) bond motifs is 1. The molecule has 0 aliphatic carbocycles. The van der Waals surface area contributed by atoms with Crippen LogP contribution in [0.15, 0.2) is 54.6 Å². The van der Waals surface area contributed by atoms with Crippen LogP contribution in [-0.4, -0.2) is 26.7 Å². The maximum atomic E-state index is 5.96. The van der Waals surface area contributed by atoms with Crippen LogP contribution >= 0.6 is 11.6 Å². The molecule has 0 saturated carbocycles. The minimum absolute atomic E-state index is 0.528. The van der Waals surface area contributed by atoms with Gasteiger partial charge in [-0.1, -0.05) is 17.7 Å². The summed E-state index contributed by atoms with van der Waals surface area (Å²) in [6, 6.07) is 17.0. The van der Waals surface area contributed by atoms with Crippen molar-refractivity contribution < 1.29 is 4.74 Å². The van der Waals surface area contributed by atoms with Crippen LogP contribution in [-0.2, 0) is 0 Å². The molecule has 0 fully saturated rings. The Labute approximate surface area is 155 Å². The van der Waals surface area contributed by atoms with Crippen LogP contribution in [0.2, 0.25) is 5.02 Å². The third kappa shape index (κ3) is 3.19. The van der Waals surface area contributed by atoms with Gasteiger partial charge in [0.25, 0.3) is 5.78 Å².